The van der Waals surface area contributed by atoms with Crippen molar-refractivity contribution in [2.75, 3.05) is 10.6 Å². The van der Waals surface area contributed by atoms with Crippen LogP contribution >= 0.6 is 0 Å². The number of halogens is 4. The van der Waals surface area contributed by atoms with Crippen LogP contribution in [0, 0.1) is 34.7 Å². The standard InChI is InChI=1S/C22H12F4N6/c23-16-9-13(15-5-7-28-21(26)19(15)25)10-17(24)20(16)31-18-6-8-29-22(32-18)30-14-3-1-12(11-27)2-4-14/h1-10H,(H2,29,30,31,32). The molecule has 0 radical (unpaired) electrons. The number of pyridine rings is 1. The number of rotatable bonds is 5. The van der Waals surface area contributed by atoms with Crippen LogP contribution < -0.4 is 10.6 Å². The molecular weight excluding hydrogens is 424 g/mol. The monoisotopic (exact) mass is 436 g/mol. The van der Waals surface area contributed by atoms with E-state index in [-0.39, 0.29) is 22.9 Å². The third-order valence-electron chi connectivity index (χ3n) is 4.38. The first-order valence-corrected chi connectivity index (χ1v) is 9.11. The van der Waals surface area contributed by atoms with Crippen LogP contribution in [0.25, 0.3) is 11.1 Å². The van der Waals surface area contributed by atoms with Crippen molar-refractivity contribution >= 4 is 23.1 Å². The van der Waals surface area contributed by atoms with Gasteiger partial charge in [-0.3, -0.25) is 0 Å². The van der Waals surface area contributed by atoms with Crippen LogP contribution in [0.3, 0.4) is 0 Å². The number of aromatic nitrogens is 3. The second kappa shape index (κ2) is 8.69. The SMILES string of the molecule is N#Cc1ccc(Nc2nccc(Nc3c(F)cc(-c4ccnc(F)c4F)cc3F)n2)cc1. The van der Waals surface area contributed by atoms with Crippen molar-refractivity contribution in [3.05, 3.63) is 89.9 Å². The molecule has 2 heterocycles. The summed E-state index contributed by atoms with van der Waals surface area (Å²) in [5.41, 5.74) is 0.0600. The maximum atomic E-state index is 14.6. The first kappa shape index (κ1) is 20.7. The third-order valence-corrected chi connectivity index (χ3v) is 4.38. The fourth-order valence-corrected chi connectivity index (χ4v) is 2.86. The number of benzene rings is 2. The lowest BCUT2D eigenvalue weighted by Crippen LogP contribution is -2.03. The highest BCUT2D eigenvalue weighted by Gasteiger charge is 2.17. The van der Waals surface area contributed by atoms with Crippen LogP contribution in [0.15, 0.2) is 60.9 Å². The van der Waals surface area contributed by atoms with Crippen molar-refractivity contribution in [3.8, 4) is 17.2 Å². The highest BCUT2D eigenvalue weighted by molar-refractivity contribution is 5.69. The smallest absolute Gasteiger partial charge is 0.249 e. The summed E-state index contributed by atoms with van der Waals surface area (Å²) >= 11 is 0. The molecule has 0 bridgehead atoms. The van der Waals surface area contributed by atoms with Gasteiger partial charge in [-0.25, -0.2) is 23.1 Å². The van der Waals surface area contributed by atoms with Crippen molar-refractivity contribution in [1.82, 2.24) is 15.0 Å². The molecule has 2 aromatic heterocycles. The molecule has 0 spiro atoms. The summed E-state index contributed by atoms with van der Waals surface area (Å²) in [6.45, 7) is 0. The first-order chi connectivity index (χ1) is 15.4. The highest BCUT2D eigenvalue weighted by atomic mass is 19.2. The Morgan fingerprint density at radius 3 is 2.19 bits per heavy atom. The fraction of sp³-hybridized carbons (Fsp3) is 0. The normalized spacial score (nSPS) is 10.5. The topological polar surface area (TPSA) is 86.5 Å². The molecule has 0 fully saturated rings. The molecule has 0 aliphatic heterocycles. The number of nitrogens with one attached hydrogen (secondary N) is 2. The van der Waals surface area contributed by atoms with Gasteiger partial charge in [0.2, 0.25) is 11.9 Å². The van der Waals surface area contributed by atoms with Crippen molar-refractivity contribution in [3.63, 3.8) is 0 Å². The van der Waals surface area contributed by atoms with E-state index in [9.17, 15) is 17.6 Å². The van der Waals surface area contributed by atoms with Gasteiger partial charge in [0.1, 0.15) is 23.1 Å². The molecule has 0 aliphatic carbocycles. The van der Waals surface area contributed by atoms with Gasteiger partial charge in [-0.2, -0.15) is 14.6 Å². The Balaban J connectivity index is 1.58. The van der Waals surface area contributed by atoms with E-state index in [1.165, 1.54) is 12.3 Å². The van der Waals surface area contributed by atoms with Crippen molar-refractivity contribution in [2.24, 2.45) is 0 Å². The van der Waals surface area contributed by atoms with Gasteiger partial charge in [-0.1, -0.05) is 0 Å². The van der Waals surface area contributed by atoms with Gasteiger partial charge in [0.05, 0.1) is 11.6 Å². The van der Waals surface area contributed by atoms with Gasteiger partial charge < -0.3 is 10.6 Å². The van der Waals surface area contributed by atoms with Crippen LogP contribution in [-0.4, -0.2) is 15.0 Å². The molecule has 0 saturated carbocycles. The van der Waals surface area contributed by atoms with Crippen molar-refractivity contribution < 1.29 is 17.6 Å². The molecule has 2 aromatic carbocycles. The molecule has 0 unspecified atom stereocenters. The van der Waals surface area contributed by atoms with E-state index in [0.29, 0.717) is 11.3 Å². The molecule has 10 heteroatoms. The lowest BCUT2D eigenvalue weighted by atomic mass is 10.1. The Hall–Kier alpha value is -4.52. The van der Waals surface area contributed by atoms with Crippen LogP contribution in [0.4, 0.5) is 40.7 Å². The average molecular weight is 436 g/mol. The Labute approximate surface area is 179 Å². The molecule has 0 amide bonds. The fourth-order valence-electron chi connectivity index (χ4n) is 2.86. The predicted octanol–water partition coefficient (Wildman–Crippen LogP) is 5.45. The summed E-state index contributed by atoms with van der Waals surface area (Å²) < 4.78 is 56.5. The second-order valence-electron chi connectivity index (χ2n) is 6.48. The zero-order chi connectivity index (χ0) is 22.7. The minimum Gasteiger partial charge on any atom is -0.335 e. The highest BCUT2D eigenvalue weighted by Crippen LogP contribution is 2.31. The zero-order valence-corrected chi connectivity index (χ0v) is 16.1. The number of hydrogen-bond donors (Lipinski definition) is 2. The van der Waals surface area contributed by atoms with E-state index in [4.69, 9.17) is 5.26 Å². The lowest BCUT2D eigenvalue weighted by molar-refractivity contribution is 0.481. The summed E-state index contributed by atoms with van der Waals surface area (Å²) in [7, 11) is 0. The first-order valence-electron chi connectivity index (χ1n) is 9.11. The molecule has 4 aromatic rings. The molecule has 4 rings (SSSR count). The Morgan fingerprint density at radius 1 is 0.812 bits per heavy atom. The number of nitriles is 1. The number of nitrogens with zero attached hydrogens (tertiary/aromatic N) is 4. The summed E-state index contributed by atoms with van der Waals surface area (Å²) in [4.78, 5) is 11.3. The molecule has 6 nitrogen and oxygen atoms in total. The maximum absolute atomic E-state index is 14.6. The van der Waals surface area contributed by atoms with Crippen molar-refractivity contribution in [2.45, 2.75) is 0 Å². The summed E-state index contributed by atoms with van der Waals surface area (Å²) in [5.74, 6) is -4.50. The minimum atomic E-state index is -1.37. The molecule has 2 N–H and O–H groups in total. The van der Waals surface area contributed by atoms with Crippen LogP contribution in [0.2, 0.25) is 0 Å². The van der Waals surface area contributed by atoms with E-state index in [1.54, 1.807) is 24.3 Å². The van der Waals surface area contributed by atoms with Crippen molar-refractivity contribution in [1.29, 1.82) is 5.26 Å². The molecule has 0 aliphatic rings. The molecular formula is C22H12F4N6. The van der Waals surface area contributed by atoms with Gasteiger partial charge in [-0.05, 0) is 54.1 Å². The number of hydrogen-bond acceptors (Lipinski definition) is 6. The predicted molar refractivity (Wildman–Crippen MR) is 109 cm³/mol. The maximum Gasteiger partial charge on any atom is 0.249 e. The Morgan fingerprint density at radius 2 is 1.50 bits per heavy atom. The quantitative estimate of drug-likeness (QED) is 0.319. The average Bonchev–Trinajstić information content (AvgIpc) is 2.79. The van der Waals surface area contributed by atoms with E-state index in [1.807, 2.05) is 6.07 Å². The number of anilines is 4. The van der Waals surface area contributed by atoms with Crippen LogP contribution in [0.1, 0.15) is 5.56 Å². The lowest BCUT2D eigenvalue weighted by Gasteiger charge is -2.12. The van der Waals surface area contributed by atoms with E-state index in [2.05, 4.69) is 25.6 Å². The summed E-state index contributed by atoms with van der Waals surface area (Å²) in [6.07, 6.45) is 2.37. The molecule has 0 atom stereocenters. The van der Waals surface area contributed by atoms with Crippen LogP contribution in [0.5, 0.6) is 0 Å². The van der Waals surface area contributed by atoms with Gasteiger partial charge >= 0.3 is 0 Å². The Bertz CT molecular complexity index is 1310. The van der Waals surface area contributed by atoms with E-state index < -0.39 is 29.1 Å². The summed E-state index contributed by atoms with van der Waals surface area (Å²) in [5, 5.41) is 14.3. The van der Waals surface area contributed by atoms with E-state index >= 15 is 0 Å². The van der Waals surface area contributed by atoms with Gasteiger partial charge in [0.25, 0.3) is 0 Å². The van der Waals surface area contributed by atoms with Crippen LogP contribution in [-0.2, 0) is 0 Å². The third kappa shape index (κ3) is 4.32. The zero-order valence-electron chi connectivity index (χ0n) is 16.1. The van der Waals surface area contributed by atoms with Gasteiger partial charge in [0.15, 0.2) is 5.82 Å². The van der Waals surface area contributed by atoms with Gasteiger partial charge in [-0.15, -0.1) is 0 Å². The van der Waals surface area contributed by atoms with Gasteiger partial charge in [0, 0.05) is 23.6 Å². The minimum absolute atomic E-state index is 0.0860. The van der Waals surface area contributed by atoms with E-state index in [0.717, 1.165) is 24.4 Å². The Kier molecular flexibility index (Phi) is 5.63. The molecule has 32 heavy (non-hydrogen) atoms. The largest absolute Gasteiger partial charge is 0.335 e. The second-order valence-corrected chi connectivity index (χ2v) is 6.48. The summed E-state index contributed by atoms with van der Waals surface area (Å²) in [6, 6.07) is 12.8. The molecule has 0 saturated heterocycles. The molecule has 158 valence electrons.